The third-order valence-electron chi connectivity index (χ3n) is 4.70. The lowest BCUT2D eigenvalue weighted by atomic mass is 10.1. The molecular weight excluding hydrogens is 450 g/mol. The summed E-state index contributed by atoms with van der Waals surface area (Å²) in [6.45, 7) is 0.185. The molecule has 1 amide bonds. The van der Waals surface area contributed by atoms with E-state index in [0.29, 0.717) is 13.1 Å². The van der Waals surface area contributed by atoms with E-state index >= 15 is 0 Å². The second kappa shape index (κ2) is 10.4. The van der Waals surface area contributed by atoms with Crippen molar-refractivity contribution < 1.29 is 22.7 Å². The molecule has 0 aliphatic heterocycles. The number of benzene rings is 3. The summed E-state index contributed by atoms with van der Waals surface area (Å²) >= 11 is 6.04. The van der Waals surface area contributed by atoms with Gasteiger partial charge < -0.3 is 9.64 Å². The van der Waals surface area contributed by atoms with Crippen LogP contribution in [0.15, 0.2) is 83.8 Å². The minimum atomic E-state index is -3.53. The molecule has 0 aromatic heterocycles. The zero-order chi connectivity index (χ0) is 23.1. The monoisotopic (exact) mass is 471 g/mol. The number of ether oxygens (including phenoxy) is 1. The Hall–Kier alpha value is -3.16. The fourth-order valence-corrected chi connectivity index (χ4v) is 3.87. The van der Waals surface area contributed by atoms with Crippen LogP contribution in [-0.2, 0) is 32.5 Å². The largest absolute Gasteiger partial charge is 0.452 e. The lowest BCUT2D eigenvalue weighted by molar-refractivity contribution is -0.135. The first-order valence-electron chi connectivity index (χ1n) is 9.76. The first kappa shape index (κ1) is 23.5. The standard InChI is InChI=1S/C24H22ClNO5S/c1-32(29,30)20-12-13-22(25)21(14-20)24(28)31-17-23(27)26(15-18-8-4-2-5-9-18)16-19-10-6-3-7-11-19/h2-14H,15-17H2,1H3. The van der Waals surface area contributed by atoms with Gasteiger partial charge in [-0.1, -0.05) is 72.3 Å². The van der Waals surface area contributed by atoms with Gasteiger partial charge in [0.15, 0.2) is 16.4 Å². The number of nitrogens with zero attached hydrogens (tertiary/aromatic N) is 1. The predicted molar refractivity (Wildman–Crippen MR) is 122 cm³/mol. The van der Waals surface area contributed by atoms with Crippen molar-refractivity contribution >= 4 is 33.3 Å². The summed E-state index contributed by atoms with van der Waals surface area (Å²) in [6.07, 6.45) is 1.03. The highest BCUT2D eigenvalue weighted by Gasteiger charge is 2.20. The van der Waals surface area contributed by atoms with Gasteiger partial charge in [0, 0.05) is 19.3 Å². The van der Waals surface area contributed by atoms with Gasteiger partial charge in [-0.05, 0) is 29.3 Å². The van der Waals surface area contributed by atoms with Gasteiger partial charge in [0.1, 0.15) is 0 Å². The number of rotatable bonds is 8. The van der Waals surface area contributed by atoms with Crippen LogP contribution in [-0.4, -0.2) is 38.1 Å². The number of hydrogen-bond acceptors (Lipinski definition) is 5. The maximum absolute atomic E-state index is 12.9. The summed E-state index contributed by atoms with van der Waals surface area (Å²) in [5.41, 5.74) is 1.76. The van der Waals surface area contributed by atoms with Crippen LogP contribution in [0.2, 0.25) is 5.02 Å². The number of carbonyl (C=O) groups excluding carboxylic acids is 2. The highest BCUT2D eigenvalue weighted by molar-refractivity contribution is 7.90. The quantitative estimate of drug-likeness (QED) is 0.461. The Bertz CT molecular complexity index is 1160. The highest BCUT2D eigenvalue weighted by atomic mass is 35.5. The molecule has 6 nitrogen and oxygen atoms in total. The Labute approximate surface area is 192 Å². The van der Waals surface area contributed by atoms with Crippen molar-refractivity contribution in [2.24, 2.45) is 0 Å². The van der Waals surface area contributed by atoms with Crippen LogP contribution in [0.5, 0.6) is 0 Å². The summed E-state index contributed by atoms with van der Waals surface area (Å²) in [7, 11) is -3.53. The summed E-state index contributed by atoms with van der Waals surface area (Å²) in [4.78, 5) is 27.0. The van der Waals surface area contributed by atoms with Crippen LogP contribution in [0.1, 0.15) is 21.5 Å². The third-order valence-corrected chi connectivity index (χ3v) is 6.14. The van der Waals surface area contributed by atoms with E-state index in [9.17, 15) is 18.0 Å². The highest BCUT2D eigenvalue weighted by Crippen LogP contribution is 2.21. The van der Waals surface area contributed by atoms with E-state index in [0.717, 1.165) is 23.4 Å². The average molecular weight is 472 g/mol. The van der Waals surface area contributed by atoms with E-state index in [1.54, 1.807) is 4.90 Å². The maximum Gasteiger partial charge on any atom is 0.340 e. The summed E-state index contributed by atoms with van der Waals surface area (Å²) < 4.78 is 28.7. The molecule has 166 valence electrons. The molecule has 0 unspecified atom stereocenters. The SMILES string of the molecule is CS(=O)(=O)c1ccc(Cl)c(C(=O)OCC(=O)N(Cc2ccccc2)Cc2ccccc2)c1. The van der Waals surface area contributed by atoms with Gasteiger partial charge in [-0.2, -0.15) is 0 Å². The number of halogens is 1. The van der Waals surface area contributed by atoms with Crippen molar-refractivity contribution in [3.63, 3.8) is 0 Å². The number of hydrogen-bond donors (Lipinski definition) is 0. The molecule has 0 aliphatic rings. The zero-order valence-corrected chi connectivity index (χ0v) is 19.0. The molecular formula is C24H22ClNO5S. The van der Waals surface area contributed by atoms with Crippen molar-refractivity contribution in [1.29, 1.82) is 0 Å². The van der Waals surface area contributed by atoms with Gasteiger partial charge in [-0.15, -0.1) is 0 Å². The molecule has 0 spiro atoms. The van der Waals surface area contributed by atoms with E-state index in [4.69, 9.17) is 16.3 Å². The van der Waals surface area contributed by atoms with Gasteiger partial charge in [0.25, 0.3) is 5.91 Å². The maximum atomic E-state index is 12.9. The first-order valence-corrected chi connectivity index (χ1v) is 12.0. The summed E-state index contributed by atoms with van der Waals surface area (Å²) in [6, 6.07) is 22.7. The van der Waals surface area contributed by atoms with Crippen molar-refractivity contribution in [3.05, 3.63) is 101 Å². The van der Waals surface area contributed by atoms with E-state index in [1.165, 1.54) is 12.1 Å². The molecule has 3 aromatic carbocycles. The number of esters is 1. The van der Waals surface area contributed by atoms with Gasteiger partial charge in [-0.25, -0.2) is 13.2 Å². The normalized spacial score (nSPS) is 11.1. The summed E-state index contributed by atoms with van der Waals surface area (Å²) in [5, 5.41) is 0.0419. The Kier molecular flexibility index (Phi) is 7.66. The molecule has 3 rings (SSSR count). The molecule has 32 heavy (non-hydrogen) atoms. The molecule has 0 aliphatic carbocycles. The molecule has 0 heterocycles. The number of sulfone groups is 1. The van der Waals surface area contributed by atoms with Crippen molar-refractivity contribution in [3.8, 4) is 0 Å². The van der Waals surface area contributed by atoms with Crippen LogP contribution in [0.4, 0.5) is 0 Å². The van der Waals surface area contributed by atoms with E-state index in [2.05, 4.69) is 0 Å². The van der Waals surface area contributed by atoms with Crippen molar-refractivity contribution in [2.45, 2.75) is 18.0 Å². The third kappa shape index (κ3) is 6.42. The van der Waals surface area contributed by atoms with Crippen LogP contribution < -0.4 is 0 Å². The molecule has 8 heteroatoms. The van der Waals surface area contributed by atoms with Gasteiger partial charge in [-0.3, -0.25) is 4.79 Å². The van der Waals surface area contributed by atoms with Gasteiger partial charge in [0.2, 0.25) is 0 Å². The van der Waals surface area contributed by atoms with Gasteiger partial charge in [0.05, 0.1) is 15.5 Å². The fourth-order valence-electron chi connectivity index (χ4n) is 3.03. The molecule has 0 saturated carbocycles. The summed E-state index contributed by atoms with van der Waals surface area (Å²) in [5.74, 6) is -1.25. The minimum absolute atomic E-state index is 0.0419. The van der Waals surface area contributed by atoms with Crippen LogP contribution in [0, 0.1) is 0 Å². The van der Waals surface area contributed by atoms with Crippen molar-refractivity contribution in [2.75, 3.05) is 12.9 Å². The van der Waals surface area contributed by atoms with Crippen LogP contribution in [0.25, 0.3) is 0 Å². The van der Waals surface area contributed by atoms with E-state index in [1.807, 2.05) is 60.7 Å². The molecule has 0 bridgehead atoms. The molecule has 0 N–H and O–H groups in total. The first-order chi connectivity index (χ1) is 15.2. The zero-order valence-electron chi connectivity index (χ0n) is 17.4. The lowest BCUT2D eigenvalue weighted by Gasteiger charge is -2.23. The Morgan fingerprint density at radius 2 is 1.41 bits per heavy atom. The predicted octanol–water partition coefficient (Wildman–Crippen LogP) is 4.13. The average Bonchev–Trinajstić information content (AvgIpc) is 2.77. The smallest absolute Gasteiger partial charge is 0.340 e. The molecule has 0 radical (unpaired) electrons. The Balaban J connectivity index is 1.74. The molecule has 0 saturated heterocycles. The Morgan fingerprint density at radius 1 is 0.875 bits per heavy atom. The molecule has 3 aromatic rings. The van der Waals surface area contributed by atoms with Gasteiger partial charge >= 0.3 is 5.97 Å². The van der Waals surface area contributed by atoms with E-state index in [-0.39, 0.29) is 21.4 Å². The molecule has 0 fully saturated rings. The van der Waals surface area contributed by atoms with Crippen LogP contribution in [0.3, 0.4) is 0 Å². The second-order valence-corrected chi connectivity index (χ2v) is 9.63. The topological polar surface area (TPSA) is 80.7 Å². The van der Waals surface area contributed by atoms with Crippen LogP contribution >= 0.6 is 11.6 Å². The minimum Gasteiger partial charge on any atom is -0.452 e. The molecule has 0 atom stereocenters. The van der Waals surface area contributed by atoms with Crippen molar-refractivity contribution in [1.82, 2.24) is 4.90 Å². The Morgan fingerprint density at radius 3 is 1.91 bits per heavy atom. The second-order valence-electron chi connectivity index (χ2n) is 7.21. The van der Waals surface area contributed by atoms with E-state index < -0.39 is 22.4 Å². The number of amides is 1. The lowest BCUT2D eigenvalue weighted by Crippen LogP contribution is -2.34. The number of carbonyl (C=O) groups is 2. The fraction of sp³-hybridized carbons (Fsp3) is 0.167.